The summed E-state index contributed by atoms with van der Waals surface area (Å²) in [7, 11) is 0. The van der Waals surface area contributed by atoms with Gasteiger partial charge in [0.2, 0.25) is 0 Å². The molecule has 0 spiro atoms. The van der Waals surface area contributed by atoms with E-state index in [0.29, 0.717) is 23.8 Å². The van der Waals surface area contributed by atoms with Crippen LogP contribution in [0.3, 0.4) is 0 Å². The first-order chi connectivity index (χ1) is 9.69. The number of hydrogen-bond acceptors (Lipinski definition) is 6. The summed E-state index contributed by atoms with van der Waals surface area (Å²) < 4.78 is 1.59. The van der Waals surface area contributed by atoms with Gasteiger partial charge >= 0.3 is 0 Å². The number of aromatic nitrogens is 3. The fourth-order valence-electron chi connectivity index (χ4n) is 2.01. The minimum Gasteiger partial charge on any atom is -0.308 e. The predicted octanol–water partition coefficient (Wildman–Crippen LogP) is 1.50. The molecule has 0 aliphatic carbocycles. The Balaban J connectivity index is 2.06. The fraction of sp³-hybridized carbons (Fsp3) is 0.154. The van der Waals surface area contributed by atoms with E-state index in [1.165, 1.54) is 11.3 Å². The molecule has 0 bridgehead atoms. The Morgan fingerprint density at radius 2 is 2.25 bits per heavy atom. The van der Waals surface area contributed by atoms with Crippen LogP contribution in [0.5, 0.6) is 0 Å². The Morgan fingerprint density at radius 1 is 1.40 bits per heavy atom. The molecule has 7 heteroatoms. The maximum absolute atomic E-state index is 12.0. The first kappa shape index (κ1) is 12.8. The number of pyridine rings is 1. The molecule has 0 saturated carbocycles. The van der Waals surface area contributed by atoms with Crippen LogP contribution in [0.25, 0.3) is 10.2 Å². The van der Waals surface area contributed by atoms with E-state index >= 15 is 0 Å². The van der Waals surface area contributed by atoms with Gasteiger partial charge in [0.25, 0.3) is 5.56 Å². The van der Waals surface area contributed by atoms with Gasteiger partial charge in [0, 0.05) is 11.8 Å². The SMILES string of the molecule is Cc1cccn(Cc2nc(NN)c3ccsc3n2)c1=O. The number of nitrogens with zero attached hydrogens (tertiary/aromatic N) is 3. The number of nitrogens with one attached hydrogen (secondary N) is 1. The topological polar surface area (TPSA) is 85.8 Å². The Labute approximate surface area is 118 Å². The molecule has 0 radical (unpaired) electrons. The number of anilines is 1. The van der Waals surface area contributed by atoms with Crippen molar-refractivity contribution in [3.05, 3.63) is 51.5 Å². The second-order valence-electron chi connectivity index (χ2n) is 4.40. The summed E-state index contributed by atoms with van der Waals surface area (Å²) in [5.41, 5.74) is 3.24. The molecule has 20 heavy (non-hydrogen) atoms. The Bertz CT molecular complexity index is 823. The molecule has 0 aliphatic heterocycles. The summed E-state index contributed by atoms with van der Waals surface area (Å²) in [6, 6.07) is 5.54. The normalized spacial score (nSPS) is 10.9. The quantitative estimate of drug-likeness (QED) is 0.563. The first-order valence-electron chi connectivity index (χ1n) is 6.06. The van der Waals surface area contributed by atoms with Crippen molar-refractivity contribution in [2.45, 2.75) is 13.5 Å². The molecule has 0 unspecified atom stereocenters. The predicted molar refractivity (Wildman–Crippen MR) is 79.8 cm³/mol. The number of hydrogen-bond donors (Lipinski definition) is 2. The van der Waals surface area contributed by atoms with Crippen molar-refractivity contribution in [1.29, 1.82) is 0 Å². The number of rotatable bonds is 3. The largest absolute Gasteiger partial charge is 0.308 e. The Hall–Kier alpha value is -2.25. The molecular formula is C13H13N5OS. The molecule has 0 aromatic carbocycles. The third kappa shape index (κ3) is 2.17. The van der Waals surface area contributed by atoms with Crippen LogP contribution in [0.4, 0.5) is 5.82 Å². The number of nitrogens with two attached hydrogens (primary N) is 1. The van der Waals surface area contributed by atoms with Crippen LogP contribution in [0.15, 0.2) is 34.6 Å². The molecule has 3 aromatic heterocycles. The highest BCUT2D eigenvalue weighted by Gasteiger charge is 2.09. The van der Waals surface area contributed by atoms with Crippen LogP contribution in [0.2, 0.25) is 0 Å². The second kappa shape index (κ2) is 5.03. The van der Waals surface area contributed by atoms with E-state index in [2.05, 4.69) is 15.4 Å². The highest BCUT2D eigenvalue weighted by molar-refractivity contribution is 7.16. The van der Waals surface area contributed by atoms with E-state index in [1.807, 2.05) is 17.5 Å². The third-order valence-corrected chi connectivity index (χ3v) is 3.84. The van der Waals surface area contributed by atoms with Crippen LogP contribution in [0, 0.1) is 6.92 Å². The van der Waals surface area contributed by atoms with Gasteiger partial charge in [-0.1, -0.05) is 6.07 Å². The summed E-state index contributed by atoms with van der Waals surface area (Å²) in [5.74, 6) is 6.62. The molecular weight excluding hydrogens is 274 g/mol. The van der Waals surface area contributed by atoms with Gasteiger partial charge < -0.3 is 9.99 Å². The molecule has 3 heterocycles. The minimum absolute atomic E-state index is 0.0374. The van der Waals surface area contributed by atoms with Crippen molar-refractivity contribution in [3.8, 4) is 0 Å². The molecule has 0 fully saturated rings. The zero-order valence-electron chi connectivity index (χ0n) is 10.8. The number of thiophene rings is 1. The summed E-state index contributed by atoms with van der Waals surface area (Å²) in [4.78, 5) is 21.7. The highest BCUT2D eigenvalue weighted by Crippen LogP contribution is 2.24. The van der Waals surface area contributed by atoms with Gasteiger partial charge in [-0.3, -0.25) is 4.79 Å². The van der Waals surface area contributed by atoms with Gasteiger partial charge in [0.05, 0.1) is 11.9 Å². The van der Waals surface area contributed by atoms with Crippen LogP contribution in [-0.4, -0.2) is 14.5 Å². The number of hydrazine groups is 1. The summed E-state index contributed by atoms with van der Waals surface area (Å²) in [5, 5.41) is 2.82. The number of aryl methyl sites for hydroxylation is 1. The van der Waals surface area contributed by atoms with Gasteiger partial charge in [-0.25, -0.2) is 15.8 Å². The summed E-state index contributed by atoms with van der Waals surface area (Å²) >= 11 is 1.51. The average molecular weight is 287 g/mol. The van der Waals surface area contributed by atoms with Crippen LogP contribution in [0.1, 0.15) is 11.4 Å². The lowest BCUT2D eigenvalue weighted by molar-refractivity contribution is 0.715. The van der Waals surface area contributed by atoms with Gasteiger partial charge in [-0.2, -0.15) is 0 Å². The first-order valence-corrected chi connectivity index (χ1v) is 6.94. The maximum Gasteiger partial charge on any atom is 0.253 e. The molecule has 0 aliphatic rings. The van der Waals surface area contributed by atoms with Crippen molar-refractivity contribution in [2.24, 2.45) is 5.84 Å². The molecule has 3 rings (SSSR count). The van der Waals surface area contributed by atoms with E-state index in [0.717, 1.165) is 10.2 Å². The molecule has 3 N–H and O–H groups in total. The van der Waals surface area contributed by atoms with Gasteiger partial charge in [0.15, 0.2) is 11.6 Å². The van der Waals surface area contributed by atoms with E-state index in [1.54, 1.807) is 23.8 Å². The lowest BCUT2D eigenvalue weighted by Crippen LogP contribution is -2.23. The summed E-state index contributed by atoms with van der Waals surface area (Å²) in [6.45, 7) is 2.11. The van der Waals surface area contributed by atoms with Crippen molar-refractivity contribution in [3.63, 3.8) is 0 Å². The molecule has 102 valence electrons. The second-order valence-corrected chi connectivity index (χ2v) is 5.29. The minimum atomic E-state index is -0.0374. The zero-order valence-corrected chi connectivity index (χ0v) is 11.6. The third-order valence-electron chi connectivity index (χ3n) is 3.03. The Morgan fingerprint density at radius 3 is 3.05 bits per heavy atom. The lowest BCUT2D eigenvalue weighted by Gasteiger charge is -2.07. The van der Waals surface area contributed by atoms with Crippen molar-refractivity contribution in [2.75, 3.05) is 5.43 Å². The fourth-order valence-corrected chi connectivity index (χ4v) is 2.80. The standard InChI is InChI=1S/C13H13N5OS/c1-8-3-2-5-18(13(8)19)7-10-15-11(17-14)9-4-6-20-12(9)16-10/h2-6H,7,14H2,1H3,(H,15,16,17). The molecule has 6 nitrogen and oxygen atoms in total. The van der Waals surface area contributed by atoms with E-state index in [-0.39, 0.29) is 5.56 Å². The van der Waals surface area contributed by atoms with Crippen LogP contribution >= 0.6 is 11.3 Å². The maximum atomic E-state index is 12.0. The number of nitrogen functional groups attached to an aromatic ring is 1. The zero-order chi connectivity index (χ0) is 14.1. The van der Waals surface area contributed by atoms with E-state index in [9.17, 15) is 4.79 Å². The average Bonchev–Trinajstić information content (AvgIpc) is 2.91. The van der Waals surface area contributed by atoms with E-state index < -0.39 is 0 Å². The molecule has 0 amide bonds. The van der Waals surface area contributed by atoms with Crippen molar-refractivity contribution >= 4 is 27.4 Å². The number of fused-ring (bicyclic) bond motifs is 1. The Kier molecular flexibility index (Phi) is 3.21. The van der Waals surface area contributed by atoms with Crippen molar-refractivity contribution < 1.29 is 0 Å². The highest BCUT2D eigenvalue weighted by atomic mass is 32.1. The van der Waals surface area contributed by atoms with Crippen LogP contribution in [-0.2, 0) is 6.54 Å². The van der Waals surface area contributed by atoms with Crippen LogP contribution < -0.4 is 16.8 Å². The van der Waals surface area contributed by atoms with Gasteiger partial charge in [0.1, 0.15) is 4.83 Å². The smallest absolute Gasteiger partial charge is 0.253 e. The molecule has 3 aromatic rings. The lowest BCUT2D eigenvalue weighted by atomic mass is 10.3. The van der Waals surface area contributed by atoms with Gasteiger partial charge in [-0.15, -0.1) is 11.3 Å². The van der Waals surface area contributed by atoms with Gasteiger partial charge in [-0.05, 0) is 24.4 Å². The van der Waals surface area contributed by atoms with Crippen molar-refractivity contribution in [1.82, 2.24) is 14.5 Å². The molecule has 0 atom stereocenters. The monoisotopic (exact) mass is 287 g/mol. The summed E-state index contributed by atoms with van der Waals surface area (Å²) in [6.07, 6.45) is 1.73. The molecule has 0 saturated heterocycles. The van der Waals surface area contributed by atoms with E-state index in [4.69, 9.17) is 5.84 Å².